The zero-order valence-electron chi connectivity index (χ0n) is 12.2. The molecule has 0 aromatic heterocycles. The van der Waals surface area contributed by atoms with Gasteiger partial charge in [0.1, 0.15) is 0 Å². The number of carbonyl (C=O) groups is 1. The highest BCUT2D eigenvalue weighted by Gasteiger charge is 2.15. The maximum Gasteiger partial charge on any atom is 0.224 e. The zero-order chi connectivity index (χ0) is 15.3. The van der Waals surface area contributed by atoms with E-state index in [-0.39, 0.29) is 11.8 Å². The third-order valence-corrected chi connectivity index (χ3v) is 3.85. The van der Waals surface area contributed by atoms with Gasteiger partial charge in [-0.3, -0.25) is 4.79 Å². The molecule has 0 spiro atoms. The Morgan fingerprint density at radius 2 is 1.95 bits per heavy atom. The van der Waals surface area contributed by atoms with Crippen LogP contribution in [-0.4, -0.2) is 12.5 Å². The largest absolute Gasteiger partial charge is 0.330 e. The lowest BCUT2D eigenvalue weighted by atomic mass is 9.94. The Kier molecular flexibility index (Phi) is 6.80. The van der Waals surface area contributed by atoms with E-state index >= 15 is 0 Å². The van der Waals surface area contributed by atoms with Gasteiger partial charge in [-0.05, 0) is 49.4 Å². The summed E-state index contributed by atoms with van der Waals surface area (Å²) < 4.78 is 0. The summed E-state index contributed by atoms with van der Waals surface area (Å²) in [6, 6.07) is 3.42. The van der Waals surface area contributed by atoms with Crippen molar-refractivity contribution in [1.82, 2.24) is 0 Å². The summed E-state index contributed by atoms with van der Waals surface area (Å²) in [4.78, 5) is 12.0. The number of nitrogens with two attached hydrogens (primary N) is 1. The Balaban J connectivity index is 2.68. The van der Waals surface area contributed by atoms with Crippen LogP contribution in [0.4, 0.5) is 5.69 Å². The Hall–Kier alpha value is -0.770. The fraction of sp³-hybridized carbons (Fsp3) is 0.533. The van der Waals surface area contributed by atoms with Crippen LogP contribution in [0.3, 0.4) is 0 Å². The summed E-state index contributed by atoms with van der Waals surface area (Å²) >= 11 is 12.1. The maximum absolute atomic E-state index is 12.0. The molecule has 0 bridgehead atoms. The molecule has 0 aliphatic rings. The van der Waals surface area contributed by atoms with Crippen molar-refractivity contribution in [2.45, 2.75) is 33.6 Å². The van der Waals surface area contributed by atoms with Crippen molar-refractivity contribution in [2.24, 2.45) is 17.6 Å². The Bertz CT molecular complexity index is 475. The van der Waals surface area contributed by atoms with Gasteiger partial charge in [0.2, 0.25) is 5.91 Å². The summed E-state index contributed by atoms with van der Waals surface area (Å²) in [6.45, 7) is 6.62. The molecule has 1 atom stereocenters. The fourth-order valence-electron chi connectivity index (χ4n) is 2.14. The van der Waals surface area contributed by atoms with E-state index in [1.807, 2.05) is 6.92 Å². The van der Waals surface area contributed by atoms with Gasteiger partial charge in [0.25, 0.3) is 0 Å². The molecule has 0 radical (unpaired) electrons. The average molecular weight is 317 g/mol. The van der Waals surface area contributed by atoms with E-state index in [9.17, 15) is 4.79 Å². The molecule has 20 heavy (non-hydrogen) atoms. The Morgan fingerprint density at radius 3 is 2.50 bits per heavy atom. The van der Waals surface area contributed by atoms with Crippen molar-refractivity contribution >= 4 is 34.8 Å². The summed E-state index contributed by atoms with van der Waals surface area (Å²) in [5, 5.41) is 3.88. The van der Waals surface area contributed by atoms with Gasteiger partial charge < -0.3 is 11.1 Å². The third kappa shape index (κ3) is 5.31. The minimum Gasteiger partial charge on any atom is -0.330 e. The van der Waals surface area contributed by atoms with E-state index in [1.54, 1.807) is 12.1 Å². The first-order valence-electron chi connectivity index (χ1n) is 6.79. The van der Waals surface area contributed by atoms with Gasteiger partial charge in [0, 0.05) is 11.4 Å². The number of halogens is 2. The van der Waals surface area contributed by atoms with Crippen LogP contribution < -0.4 is 11.1 Å². The summed E-state index contributed by atoms with van der Waals surface area (Å²) in [5.41, 5.74) is 7.14. The molecule has 1 aromatic rings. The van der Waals surface area contributed by atoms with Crippen LogP contribution in [0.1, 0.15) is 32.3 Å². The van der Waals surface area contributed by atoms with E-state index in [0.717, 1.165) is 12.0 Å². The molecule has 1 rings (SSSR count). The number of nitrogens with one attached hydrogen (secondary N) is 1. The quantitative estimate of drug-likeness (QED) is 0.824. The van der Waals surface area contributed by atoms with Crippen LogP contribution >= 0.6 is 23.2 Å². The van der Waals surface area contributed by atoms with Crippen molar-refractivity contribution in [3.05, 3.63) is 27.7 Å². The number of carbonyl (C=O) groups excluding carboxylic acids is 1. The molecule has 1 amide bonds. The van der Waals surface area contributed by atoms with Crippen LogP contribution in [0, 0.1) is 18.8 Å². The molecule has 3 N–H and O–H groups in total. The second-order valence-corrected chi connectivity index (χ2v) is 6.38. The molecule has 0 fully saturated rings. The minimum atomic E-state index is -0.0806. The van der Waals surface area contributed by atoms with Gasteiger partial charge in [-0.2, -0.15) is 0 Å². The van der Waals surface area contributed by atoms with Crippen LogP contribution in [0.25, 0.3) is 0 Å². The number of anilines is 1. The lowest BCUT2D eigenvalue weighted by Gasteiger charge is -2.17. The monoisotopic (exact) mass is 316 g/mol. The zero-order valence-corrected chi connectivity index (χ0v) is 13.7. The molecular formula is C15H22Cl2N2O. The number of amides is 1. The highest BCUT2D eigenvalue weighted by molar-refractivity contribution is 6.36. The van der Waals surface area contributed by atoms with Crippen LogP contribution in [-0.2, 0) is 4.79 Å². The van der Waals surface area contributed by atoms with Gasteiger partial charge in [-0.25, -0.2) is 0 Å². The van der Waals surface area contributed by atoms with E-state index in [1.165, 1.54) is 0 Å². The summed E-state index contributed by atoms with van der Waals surface area (Å²) in [7, 11) is 0. The molecule has 1 unspecified atom stereocenters. The first kappa shape index (κ1) is 17.3. The standard InChI is InChI=1S/C15H22Cl2N2O/c1-9(2)4-11(8-18)6-15(20)19-14-7-12(16)10(3)5-13(14)17/h5,7,9,11H,4,6,8,18H2,1-3H3,(H,19,20). The van der Waals surface area contributed by atoms with Gasteiger partial charge in [0.05, 0.1) is 10.7 Å². The molecule has 112 valence electrons. The normalized spacial score (nSPS) is 12.6. The molecule has 0 heterocycles. The second kappa shape index (κ2) is 7.87. The third-order valence-electron chi connectivity index (χ3n) is 3.13. The van der Waals surface area contributed by atoms with Crippen LogP contribution in [0.5, 0.6) is 0 Å². The molecular weight excluding hydrogens is 295 g/mol. The molecule has 0 aliphatic carbocycles. The first-order chi connectivity index (χ1) is 9.33. The number of hydrogen-bond donors (Lipinski definition) is 2. The smallest absolute Gasteiger partial charge is 0.224 e. The van der Waals surface area contributed by atoms with Crippen LogP contribution in [0.2, 0.25) is 10.0 Å². The minimum absolute atomic E-state index is 0.0806. The maximum atomic E-state index is 12.0. The van der Waals surface area contributed by atoms with E-state index in [4.69, 9.17) is 28.9 Å². The molecule has 0 aliphatic heterocycles. The highest BCUT2D eigenvalue weighted by atomic mass is 35.5. The SMILES string of the molecule is Cc1cc(Cl)c(NC(=O)CC(CN)CC(C)C)cc1Cl. The van der Waals surface area contributed by atoms with Crippen molar-refractivity contribution in [2.75, 3.05) is 11.9 Å². The second-order valence-electron chi connectivity index (χ2n) is 5.56. The Morgan fingerprint density at radius 1 is 1.30 bits per heavy atom. The molecule has 0 saturated heterocycles. The van der Waals surface area contributed by atoms with E-state index in [2.05, 4.69) is 19.2 Å². The van der Waals surface area contributed by atoms with Crippen molar-refractivity contribution in [1.29, 1.82) is 0 Å². The molecule has 0 saturated carbocycles. The fourth-order valence-corrected chi connectivity index (χ4v) is 2.56. The van der Waals surface area contributed by atoms with Crippen LogP contribution in [0.15, 0.2) is 12.1 Å². The lowest BCUT2D eigenvalue weighted by Crippen LogP contribution is -2.23. The van der Waals surface area contributed by atoms with Gasteiger partial charge in [-0.1, -0.05) is 37.0 Å². The summed E-state index contributed by atoms with van der Waals surface area (Å²) in [6.07, 6.45) is 1.34. The lowest BCUT2D eigenvalue weighted by molar-refractivity contribution is -0.117. The molecule has 1 aromatic carbocycles. The molecule has 3 nitrogen and oxygen atoms in total. The number of rotatable bonds is 6. The van der Waals surface area contributed by atoms with Crippen molar-refractivity contribution in [3.63, 3.8) is 0 Å². The van der Waals surface area contributed by atoms with Crippen molar-refractivity contribution < 1.29 is 4.79 Å². The van der Waals surface area contributed by atoms with Crippen molar-refractivity contribution in [3.8, 4) is 0 Å². The van der Waals surface area contributed by atoms with Gasteiger partial charge >= 0.3 is 0 Å². The first-order valence-corrected chi connectivity index (χ1v) is 7.54. The van der Waals surface area contributed by atoms with Gasteiger partial charge in [0.15, 0.2) is 0 Å². The number of benzene rings is 1. The molecule has 5 heteroatoms. The number of hydrogen-bond acceptors (Lipinski definition) is 2. The van der Waals surface area contributed by atoms with E-state index in [0.29, 0.717) is 34.6 Å². The topological polar surface area (TPSA) is 55.1 Å². The van der Waals surface area contributed by atoms with E-state index < -0.39 is 0 Å². The predicted octanol–water partition coefficient (Wildman–Crippen LogP) is 4.25. The highest BCUT2D eigenvalue weighted by Crippen LogP contribution is 2.29. The Labute approximate surface area is 130 Å². The number of aryl methyl sites for hydroxylation is 1. The van der Waals surface area contributed by atoms with Gasteiger partial charge in [-0.15, -0.1) is 0 Å². The average Bonchev–Trinajstić information content (AvgIpc) is 2.34. The predicted molar refractivity (Wildman–Crippen MR) is 86.4 cm³/mol. The summed E-state index contributed by atoms with van der Waals surface area (Å²) in [5.74, 6) is 0.631.